The third kappa shape index (κ3) is 2.80. The van der Waals surface area contributed by atoms with E-state index in [0.29, 0.717) is 5.92 Å². The maximum atomic E-state index is 12.9. The number of hydrogen-bond acceptors (Lipinski definition) is 3. The number of aromatic nitrogens is 2. The van der Waals surface area contributed by atoms with Crippen LogP contribution in [0.25, 0.3) is 0 Å². The number of rotatable bonds is 4. The minimum atomic E-state index is -1.16. The number of hydrogen-bond donors (Lipinski definition) is 3. The van der Waals surface area contributed by atoms with Crippen LogP contribution in [0.5, 0.6) is 0 Å². The Morgan fingerprint density at radius 3 is 2.77 bits per heavy atom. The molecule has 4 atom stereocenters. The summed E-state index contributed by atoms with van der Waals surface area (Å²) in [5.74, 6) is 1.08. The van der Waals surface area contributed by atoms with Gasteiger partial charge in [0.15, 0.2) is 0 Å². The highest BCUT2D eigenvalue weighted by atomic mass is 127. The molecule has 1 aliphatic heterocycles. The van der Waals surface area contributed by atoms with Crippen LogP contribution in [-0.2, 0) is 4.79 Å². The van der Waals surface area contributed by atoms with Gasteiger partial charge in [0.05, 0.1) is 15.9 Å². The number of nitrogens with zero attached hydrogens (tertiary/aromatic N) is 2. The highest BCUT2D eigenvalue weighted by Gasteiger charge is 2.56. The van der Waals surface area contributed by atoms with Gasteiger partial charge in [-0.3, -0.25) is 4.79 Å². The summed E-state index contributed by atoms with van der Waals surface area (Å²) in [6, 6.07) is -0.554. The van der Waals surface area contributed by atoms with Gasteiger partial charge in [-0.05, 0) is 47.3 Å². The van der Waals surface area contributed by atoms with Gasteiger partial charge in [-0.25, -0.2) is 9.78 Å². The predicted molar refractivity (Wildman–Crippen MR) is 87.2 cm³/mol. The molecule has 1 aromatic rings. The van der Waals surface area contributed by atoms with E-state index in [1.807, 2.05) is 18.7 Å². The van der Waals surface area contributed by atoms with Gasteiger partial charge in [0, 0.05) is 6.04 Å². The van der Waals surface area contributed by atoms with E-state index in [4.69, 9.17) is 5.11 Å². The molecule has 3 rings (SSSR count). The number of fused-ring (bicyclic) bond motifs is 1. The van der Waals surface area contributed by atoms with Crippen molar-refractivity contribution in [3.63, 3.8) is 0 Å². The van der Waals surface area contributed by atoms with Crippen LogP contribution in [0.2, 0.25) is 0 Å². The Morgan fingerprint density at radius 1 is 1.50 bits per heavy atom. The average Bonchev–Trinajstić information content (AvgIpc) is 2.89. The van der Waals surface area contributed by atoms with E-state index in [1.54, 1.807) is 6.20 Å². The van der Waals surface area contributed by atoms with Gasteiger partial charge in [-0.15, -0.1) is 0 Å². The lowest BCUT2D eigenvalue weighted by Crippen LogP contribution is -2.51. The quantitative estimate of drug-likeness (QED) is 0.652. The Bertz CT molecular complexity index is 603. The second kappa shape index (κ2) is 5.71. The molecule has 1 saturated heterocycles. The summed E-state index contributed by atoms with van der Waals surface area (Å²) in [7, 11) is 0. The van der Waals surface area contributed by atoms with Crippen molar-refractivity contribution < 1.29 is 14.7 Å². The molecule has 7 nitrogen and oxygen atoms in total. The number of halogens is 1. The van der Waals surface area contributed by atoms with Crippen molar-refractivity contribution in [1.29, 1.82) is 0 Å². The van der Waals surface area contributed by atoms with Gasteiger partial charge in [-0.2, -0.15) is 0 Å². The minimum absolute atomic E-state index is 0.0726. The highest BCUT2D eigenvalue weighted by molar-refractivity contribution is 14.1. The molecule has 22 heavy (non-hydrogen) atoms. The fourth-order valence-corrected chi connectivity index (χ4v) is 3.72. The van der Waals surface area contributed by atoms with Gasteiger partial charge < -0.3 is 20.3 Å². The maximum absolute atomic E-state index is 12.9. The van der Waals surface area contributed by atoms with Crippen molar-refractivity contribution in [2.75, 3.05) is 0 Å². The third-order valence-corrected chi connectivity index (χ3v) is 5.00. The Hall–Kier alpha value is -1.32. The van der Waals surface area contributed by atoms with Crippen LogP contribution in [0.3, 0.4) is 0 Å². The zero-order valence-corrected chi connectivity index (χ0v) is 14.6. The van der Waals surface area contributed by atoms with E-state index in [9.17, 15) is 9.59 Å². The molecule has 0 aromatic carbocycles. The van der Waals surface area contributed by atoms with Crippen LogP contribution in [0.15, 0.2) is 6.20 Å². The first-order valence-electron chi connectivity index (χ1n) is 7.40. The Labute approximate surface area is 142 Å². The summed E-state index contributed by atoms with van der Waals surface area (Å²) < 4.78 is 0.935. The molecule has 0 bridgehead atoms. The van der Waals surface area contributed by atoms with Crippen LogP contribution in [0.4, 0.5) is 4.79 Å². The Balaban J connectivity index is 1.83. The predicted octanol–water partition coefficient (Wildman–Crippen LogP) is 1.97. The molecule has 120 valence electrons. The number of piperidine rings is 1. The number of imidazole rings is 1. The molecule has 3 N–H and O–H groups in total. The first kappa shape index (κ1) is 15.6. The summed E-state index contributed by atoms with van der Waals surface area (Å²) in [6.45, 7) is 3.70. The molecule has 1 aliphatic carbocycles. The first-order valence-corrected chi connectivity index (χ1v) is 8.48. The standard InChI is InChI=1S/C14H19IN4O3/c1-6(2)11(18-14(21)22)13(20)19-8-3-7(8)4-9(19)12-16-5-10(15)17-12/h5-9,11,18H,3-4H2,1-2H3,(H,16,17)(H,21,22)/t7-,8-,9+,11?/m1/s1. The van der Waals surface area contributed by atoms with Crippen LogP contribution >= 0.6 is 22.6 Å². The van der Waals surface area contributed by atoms with Crippen LogP contribution < -0.4 is 5.32 Å². The number of likely N-dealkylation sites (tertiary alicyclic amines) is 1. The normalized spacial score (nSPS) is 27.6. The number of aromatic amines is 1. The van der Waals surface area contributed by atoms with Crippen LogP contribution in [-0.4, -0.2) is 44.1 Å². The molecule has 2 heterocycles. The topological polar surface area (TPSA) is 98.3 Å². The van der Waals surface area contributed by atoms with Crippen molar-refractivity contribution in [2.45, 2.75) is 44.8 Å². The number of carbonyl (C=O) groups excluding carboxylic acids is 1. The van der Waals surface area contributed by atoms with E-state index in [1.165, 1.54) is 0 Å². The Morgan fingerprint density at radius 2 is 2.23 bits per heavy atom. The van der Waals surface area contributed by atoms with E-state index in [-0.39, 0.29) is 23.9 Å². The zero-order valence-electron chi connectivity index (χ0n) is 12.4. The van der Waals surface area contributed by atoms with Gasteiger partial charge in [0.1, 0.15) is 11.9 Å². The SMILES string of the molecule is CC(C)C(NC(=O)O)C(=O)N1[C@@H]2C[C@@H]2C[C@H]1c1ncc(I)[nH]1. The van der Waals surface area contributed by atoms with Gasteiger partial charge in [0.25, 0.3) is 0 Å². The molecule has 1 unspecified atom stereocenters. The fraction of sp³-hybridized carbons (Fsp3) is 0.643. The summed E-state index contributed by atoms with van der Waals surface area (Å²) in [4.78, 5) is 33.3. The molecular weight excluding hydrogens is 399 g/mol. The molecule has 1 aromatic heterocycles. The van der Waals surface area contributed by atoms with E-state index in [2.05, 4.69) is 37.9 Å². The highest BCUT2D eigenvalue weighted by Crippen LogP contribution is 2.53. The van der Waals surface area contributed by atoms with E-state index in [0.717, 1.165) is 22.4 Å². The first-order chi connectivity index (χ1) is 10.4. The molecular formula is C14H19IN4O3. The van der Waals surface area contributed by atoms with Crippen molar-refractivity contribution in [1.82, 2.24) is 20.2 Å². The molecule has 2 aliphatic rings. The van der Waals surface area contributed by atoms with E-state index >= 15 is 0 Å². The lowest BCUT2D eigenvalue weighted by Gasteiger charge is -2.31. The van der Waals surface area contributed by atoms with Crippen molar-refractivity contribution in [3.8, 4) is 0 Å². The van der Waals surface area contributed by atoms with Gasteiger partial charge >= 0.3 is 6.09 Å². The van der Waals surface area contributed by atoms with Gasteiger partial charge in [-0.1, -0.05) is 13.8 Å². The second-order valence-electron chi connectivity index (χ2n) is 6.35. The zero-order chi connectivity index (χ0) is 16.0. The number of nitrogens with one attached hydrogen (secondary N) is 2. The smallest absolute Gasteiger partial charge is 0.405 e. The largest absolute Gasteiger partial charge is 0.465 e. The molecule has 0 radical (unpaired) electrons. The molecule has 2 fully saturated rings. The summed E-state index contributed by atoms with van der Waals surface area (Å²) in [6.07, 6.45) is 2.50. The lowest BCUT2D eigenvalue weighted by molar-refractivity contribution is -0.136. The summed E-state index contributed by atoms with van der Waals surface area (Å²) in [5.41, 5.74) is 0. The number of carboxylic acid groups (broad SMARTS) is 1. The second-order valence-corrected chi connectivity index (χ2v) is 7.51. The fourth-order valence-electron chi connectivity index (χ4n) is 3.31. The van der Waals surface area contributed by atoms with E-state index < -0.39 is 12.1 Å². The van der Waals surface area contributed by atoms with Crippen molar-refractivity contribution >= 4 is 34.6 Å². The van der Waals surface area contributed by atoms with Crippen molar-refractivity contribution in [3.05, 3.63) is 15.7 Å². The summed E-state index contributed by atoms with van der Waals surface area (Å²) in [5, 5.41) is 11.4. The third-order valence-electron chi connectivity index (χ3n) is 4.45. The minimum Gasteiger partial charge on any atom is -0.465 e. The van der Waals surface area contributed by atoms with Gasteiger partial charge in [0.2, 0.25) is 5.91 Å². The maximum Gasteiger partial charge on any atom is 0.405 e. The summed E-state index contributed by atoms with van der Waals surface area (Å²) >= 11 is 2.16. The molecule has 1 saturated carbocycles. The molecule has 8 heteroatoms. The number of carbonyl (C=O) groups is 2. The number of H-pyrrole nitrogens is 1. The number of amides is 2. The lowest BCUT2D eigenvalue weighted by atomic mass is 10.0. The van der Waals surface area contributed by atoms with Crippen LogP contribution in [0.1, 0.15) is 38.6 Å². The average molecular weight is 418 g/mol. The Kier molecular flexibility index (Phi) is 4.04. The monoisotopic (exact) mass is 418 g/mol. The molecule has 2 amide bonds. The van der Waals surface area contributed by atoms with Crippen LogP contribution in [0, 0.1) is 15.5 Å². The molecule has 0 spiro atoms. The van der Waals surface area contributed by atoms with Crippen molar-refractivity contribution in [2.24, 2.45) is 11.8 Å².